The largest absolute Gasteiger partial charge is 0.429 e. The van der Waals surface area contributed by atoms with Crippen molar-refractivity contribution in [3.63, 3.8) is 0 Å². The van der Waals surface area contributed by atoms with Crippen LogP contribution in [-0.4, -0.2) is 45.2 Å². The Balaban J connectivity index is 5.73. The fraction of sp³-hybridized carbons (Fsp3) is 1.00. The minimum atomic E-state index is -2.67. The van der Waals surface area contributed by atoms with Gasteiger partial charge in [0.15, 0.2) is 0 Å². The summed E-state index contributed by atoms with van der Waals surface area (Å²) in [4.78, 5) is 21.0. The predicted octanol–water partition coefficient (Wildman–Crippen LogP) is 3.92. The molecule has 1 unspecified atom stereocenters. The van der Waals surface area contributed by atoms with Gasteiger partial charge in [0.1, 0.15) is 0 Å². The Labute approximate surface area is 140 Å². The van der Waals surface area contributed by atoms with Crippen molar-refractivity contribution in [1.29, 1.82) is 0 Å². The standard InChI is InChI=1S/C15H38O4Si3/c1-11-14(4,20(5,6)16)18-21(7,8)15(12-2,13-3)19-22(9,10)17/h16-17H,11-13H2,1-10H3. The molecule has 0 spiro atoms. The highest BCUT2D eigenvalue weighted by Crippen LogP contribution is 2.40. The van der Waals surface area contributed by atoms with Crippen LogP contribution in [0.1, 0.15) is 47.0 Å². The normalized spacial score (nSPS) is 17.5. The van der Waals surface area contributed by atoms with Crippen molar-refractivity contribution in [2.24, 2.45) is 0 Å². The van der Waals surface area contributed by atoms with Crippen molar-refractivity contribution < 1.29 is 18.4 Å². The first kappa shape index (κ1) is 22.5. The fourth-order valence-electron chi connectivity index (χ4n) is 3.13. The summed E-state index contributed by atoms with van der Waals surface area (Å²) >= 11 is 0. The molecule has 0 saturated carbocycles. The smallest absolute Gasteiger partial charge is 0.329 e. The van der Waals surface area contributed by atoms with Crippen molar-refractivity contribution in [2.75, 3.05) is 0 Å². The Kier molecular flexibility index (Phi) is 7.32. The highest BCUT2D eigenvalue weighted by atomic mass is 28.4. The molecule has 4 nitrogen and oxygen atoms in total. The van der Waals surface area contributed by atoms with E-state index in [1.165, 1.54) is 0 Å². The van der Waals surface area contributed by atoms with E-state index in [1.807, 2.05) is 20.0 Å². The highest BCUT2D eigenvalue weighted by Gasteiger charge is 2.55. The second-order valence-corrected chi connectivity index (χ2v) is 19.4. The van der Waals surface area contributed by atoms with E-state index in [0.717, 1.165) is 19.3 Å². The first-order chi connectivity index (χ1) is 9.60. The van der Waals surface area contributed by atoms with E-state index in [4.69, 9.17) is 8.85 Å². The van der Waals surface area contributed by atoms with Gasteiger partial charge < -0.3 is 18.4 Å². The number of hydrogen-bond acceptors (Lipinski definition) is 4. The first-order valence-corrected chi connectivity index (χ1v) is 17.2. The third-order valence-corrected chi connectivity index (χ3v) is 13.4. The second-order valence-electron chi connectivity index (χ2n) is 8.01. The van der Waals surface area contributed by atoms with Crippen LogP contribution in [0.15, 0.2) is 0 Å². The van der Waals surface area contributed by atoms with Crippen molar-refractivity contribution in [3.05, 3.63) is 0 Å². The van der Waals surface area contributed by atoms with Gasteiger partial charge in [0, 0.05) is 0 Å². The summed E-state index contributed by atoms with van der Waals surface area (Å²) in [5.41, 5.74) is 0. The summed E-state index contributed by atoms with van der Waals surface area (Å²) in [6, 6.07) is 0. The van der Waals surface area contributed by atoms with Crippen LogP contribution in [0.2, 0.25) is 39.3 Å². The Morgan fingerprint density at radius 1 is 0.773 bits per heavy atom. The summed E-state index contributed by atoms with van der Waals surface area (Å²) in [7, 11) is -7.48. The van der Waals surface area contributed by atoms with Crippen LogP contribution >= 0.6 is 0 Å². The van der Waals surface area contributed by atoms with Crippen LogP contribution in [-0.2, 0) is 8.85 Å². The van der Waals surface area contributed by atoms with Crippen LogP contribution < -0.4 is 0 Å². The molecule has 0 rings (SSSR count). The lowest BCUT2D eigenvalue weighted by atomic mass is 10.2. The van der Waals surface area contributed by atoms with Crippen LogP contribution in [0.3, 0.4) is 0 Å². The van der Waals surface area contributed by atoms with E-state index in [1.54, 1.807) is 13.1 Å². The van der Waals surface area contributed by atoms with Crippen molar-refractivity contribution in [1.82, 2.24) is 0 Å². The molecule has 0 aromatic carbocycles. The molecular weight excluding hydrogens is 328 g/mol. The molecule has 0 saturated heterocycles. The molecular formula is C15H38O4Si3. The Morgan fingerprint density at radius 2 is 1.18 bits per heavy atom. The first-order valence-electron chi connectivity index (χ1n) is 8.45. The molecule has 0 heterocycles. The van der Waals surface area contributed by atoms with Crippen LogP contribution in [0, 0.1) is 0 Å². The van der Waals surface area contributed by atoms with Gasteiger partial charge in [0.2, 0.25) is 16.6 Å². The molecule has 22 heavy (non-hydrogen) atoms. The monoisotopic (exact) mass is 366 g/mol. The maximum absolute atomic E-state index is 10.7. The molecule has 0 aliphatic heterocycles. The average molecular weight is 367 g/mol. The molecule has 1 atom stereocenters. The predicted molar refractivity (Wildman–Crippen MR) is 101 cm³/mol. The van der Waals surface area contributed by atoms with E-state index in [2.05, 4.69) is 33.9 Å². The van der Waals surface area contributed by atoms with Gasteiger partial charge in [-0.15, -0.1) is 0 Å². The fourth-order valence-corrected chi connectivity index (χ4v) is 11.9. The summed E-state index contributed by atoms with van der Waals surface area (Å²) < 4.78 is 12.9. The molecule has 0 aliphatic carbocycles. The van der Waals surface area contributed by atoms with Gasteiger partial charge in [-0.1, -0.05) is 20.8 Å². The summed E-state index contributed by atoms with van der Waals surface area (Å²) in [5.74, 6) is 0. The van der Waals surface area contributed by atoms with Gasteiger partial charge in [-0.2, -0.15) is 0 Å². The van der Waals surface area contributed by atoms with Crippen molar-refractivity contribution in [2.45, 2.75) is 96.7 Å². The SMILES string of the molecule is CCC(C)(O[Si](C)(C)C(CC)(CC)O[Si](C)(C)O)[Si](C)(C)O. The average Bonchev–Trinajstić information content (AvgIpc) is 2.32. The minimum absolute atomic E-state index is 0.423. The van der Waals surface area contributed by atoms with Gasteiger partial charge in [0.25, 0.3) is 0 Å². The molecule has 0 aromatic heterocycles. The van der Waals surface area contributed by atoms with Crippen LogP contribution in [0.25, 0.3) is 0 Å². The van der Waals surface area contributed by atoms with Gasteiger partial charge in [-0.05, 0) is 65.5 Å². The summed E-state index contributed by atoms with van der Waals surface area (Å²) in [5, 5.41) is -0.920. The van der Waals surface area contributed by atoms with E-state index < -0.39 is 35.6 Å². The van der Waals surface area contributed by atoms with Gasteiger partial charge in [-0.3, -0.25) is 0 Å². The topological polar surface area (TPSA) is 58.9 Å². The van der Waals surface area contributed by atoms with Gasteiger partial charge in [0.05, 0.1) is 10.4 Å². The van der Waals surface area contributed by atoms with Gasteiger partial charge in [-0.25, -0.2) is 0 Å². The molecule has 0 aliphatic rings. The van der Waals surface area contributed by atoms with E-state index >= 15 is 0 Å². The molecule has 0 fully saturated rings. The number of rotatable bonds is 9. The Morgan fingerprint density at radius 3 is 1.41 bits per heavy atom. The van der Waals surface area contributed by atoms with E-state index in [-0.39, 0.29) is 0 Å². The number of hydrogen-bond donors (Lipinski definition) is 2. The second kappa shape index (κ2) is 7.16. The third kappa shape index (κ3) is 4.99. The Bertz CT molecular complexity index is 357. The quantitative estimate of drug-likeness (QED) is 0.607. The zero-order valence-corrected chi connectivity index (χ0v) is 19.3. The summed E-state index contributed by atoms with van der Waals surface area (Å²) in [6.07, 6.45) is 2.41. The van der Waals surface area contributed by atoms with Crippen molar-refractivity contribution in [3.8, 4) is 0 Å². The zero-order valence-electron chi connectivity index (χ0n) is 16.3. The lowest BCUT2D eigenvalue weighted by Crippen LogP contribution is -2.67. The maximum Gasteiger partial charge on any atom is 0.329 e. The Hall–Kier alpha value is 0.491. The zero-order chi connectivity index (χ0) is 18.0. The van der Waals surface area contributed by atoms with Gasteiger partial charge >= 0.3 is 8.56 Å². The van der Waals surface area contributed by atoms with Crippen LogP contribution in [0.4, 0.5) is 0 Å². The molecule has 0 amide bonds. The maximum atomic E-state index is 10.7. The highest BCUT2D eigenvalue weighted by molar-refractivity contribution is 6.78. The van der Waals surface area contributed by atoms with E-state index in [0.29, 0.717) is 0 Å². The third-order valence-electron chi connectivity index (χ3n) is 5.13. The molecule has 0 bridgehead atoms. The van der Waals surface area contributed by atoms with Crippen molar-refractivity contribution >= 4 is 25.2 Å². The molecule has 0 aromatic rings. The molecule has 0 radical (unpaired) electrons. The molecule has 7 heteroatoms. The molecule has 2 N–H and O–H groups in total. The van der Waals surface area contributed by atoms with Crippen LogP contribution in [0.5, 0.6) is 0 Å². The lowest BCUT2D eigenvalue weighted by molar-refractivity contribution is 0.0426. The lowest BCUT2D eigenvalue weighted by Gasteiger charge is -2.52. The van der Waals surface area contributed by atoms with E-state index in [9.17, 15) is 9.59 Å². The minimum Gasteiger partial charge on any atom is -0.429 e. The summed E-state index contributed by atoms with van der Waals surface area (Å²) in [6.45, 7) is 20.1. The molecule has 134 valence electrons.